The molecule has 0 saturated heterocycles. The number of carbonyl (C=O) groups excluding carboxylic acids is 2. The maximum atomic E-state index is 12.7. The predicted molar refractivity (Wildman–Crippen MR) is 112 cm³/mol. The fourth-order valence-electron chi connectivity index (χ4n) is 4.09. The maximum absolute atomic E-state index is 12.7. The smallest absolute Gasteiger partial charge is 0.243 e. The highest BCUT2D eigenvalue weighted by molar-refractivity contribution is 5.88. The largest absolute Gasteiger partial charge is 0.352 e. The Morgan fingerprint density at radius 2 is 1.96 bits per heavy atom. The molecule has 1 aromatic carbocycles. The Kier molecular flexibility index (Phi) is 7.43. The van der Waals surface area contributed by atoms with Crippen molar-refractivity contribution in [1.82, 2.24) is 15.5 Å². The summed E-state index contributed by atoms with van der Waals surface area (Å²) in [7, 11) is 0. The topological polar surface area (TPSA) is 61.4 Å². The third-order valence-electron chi connectivity index (χ3n) is 5.74. The molecule has 28 heavy (non-hydrogen) atoms. The minimum atomic E-state index is -0.196. The average Bonchev–Trinajstić information content (AvgIpc) is 2.74. The first-order valence-electron chi connectivity index (χ1n) is 10.3. The van der Waals surface area contributed by atoms with Crippen LogP contribution < -0.4 is 10.6 Å². The average molecular weight is 382 g/mol. The van der Waals surface area contributed by atoms with E-state index in [2.05, 4.69) is 52.5 Å². The van der Waals surface area contributed by atoms with Crippen molar-refractivity contribution in [2.24, 2.45) is 5.92 Å². The number of nitrogens with zero attached hydrogens (tertiary/aromatic N) is 1. The first-order chi connectivity index (χ1) is 13.7. The molecule has 2 N–H and O–H groups in total. The molecule has 2 aliphatic rings. The zero-order valence-electron chi connectivity index (χ0n) is 16.5. The van der Waals surface area contributed by atoms with E-state index in [0.29, 0.717) is 6.54 Å². The Bertz CT molecular complexity index is 714. The second kappa shape index (κ2) is 10.2. The van der Waals surface area contributed by atoms with Gasteiger partial charge in [-0.25, -0.2) is 0 Å². The summed E-state index contributed by atoms with van der Waals surface area (Å²) < 4.78 is 0. The molecular formula is C23H31N3O2. The van der Waals surface area contributed by atoms with Gasteiger partial charge in [-0.15, -0.1) is 0 Å². The summed E-state index contributed by atoms with van der Waals surface area (Å²) in [5.41, 5.74) is 2.62. The molecule has 1 heterocycles. The molecule has 0 radical (unpaired) electrons. The highest BCUT2D eigenvalue weighted by atomic mass is 16.2. The van der Waals surface area contributed by atoms with Gasteiger partial charge in [-0.05, 0) is 30.9 Å². The lowest BCUT2D eigenvalue weighted by molar-refractivity contribution is -0.127. The van der Waals surface area contributed by atoms with E-state index in [1.807, 2.05) is 6.07 Å². The van der Waals surface area contributed by atoms with E-state index < -0.39 is 0 Å². The fourth-order valence-corrected chi connectivity index (χ4v) is 4.09. The normalized spacial score (nSPS) is 22.8. The van der Waals surface area contributed by atoms with Crippen molar-refractivity contribution < 1.29 is 9.59 Å². The third kappa shape index (κ3) is 5.80. The van der Waals surface area contributed by atoms with Gasteiger partial charge in [0.05, 0.1) is 5.92 Å². The van der Waals surface area contributed by atoms with Gasteiger partial charge in [0, 0.05) is 32.2 Å². The summed E-state index contributed by atoms with van der Waals surface area (Å²) in [4.78, 5) is 26.8. The second-order valence-corrected chi connectivity index (χ2v) is 7.76. The summed E-state index contributed by atoms with van der Waals surface area (Å²) >= 11 is 0. The predicted octanol–water partition coefficient (Wildman–Crippen LogP) is 2.80. The van der Waals surface area contributed by atoms with Crippen molar-refractivity contribution in [1.29, 1.82) is 0 Å². The minimum absolute atomic E-state index is 0.0571. The lowest BCUT2D eigenvalue weighted by atomic mass is 9.83. The SMILES string of the molecule is C=CC(=O)N[C@@H]1CCCC[C@@H]1C(=O)NCC1=CCN(Cc2ccccc2)CC1. The molecule has 1 aromatic rings. The zero-order chi connectivity index (χ0) is 19.8. The van der Waals surface area contributed by atoms with Gasteiger partial charge in [0.25, 0.3) is 0 Å². The van der Waals surface area contributed by atoms with Gasteiger partial charge < -0.3 is 10.6 Å². The van der Waals surface area contributed by atoms with Gasteiger partial charge in [0.2, 0.25) is 11.8 Å². The van der Waals surface area contributed by atoms with E-state index in [-0.39, 0.29) is 23.8 Å². The van der Waals surface area contributed by atoms with Crippen molar-refractivity contribution in [3.63, 3.8) is 0 Å². The molecule has 150 valence electrons. The fraction of sp³-hybridized carbons (Fsp3) is 0.478. The molecule has 2 amide bonds. The van der Waals surface area contributed by atoms with Gasteiger partial charge in [0.1, 0.15) is 0 Å². The van der Waals surface area contributed by atoms with Crippen LogP contribution in [-0.2, 0) is 16.1 Å². The Morgan fingerprint density at radius 1 is 1.18 bits per heavy atom. The van der Waals surface area contributed by atoms with Crippen LogP contribution in [-0.4, -0.2) is 42.4 Å². The van der Waals surface area contributed by atoms with Crippen molar-refractivity contribution >= 4 is 11.8 Å². The van der Waals surface area contributed by atoms with Crippen LogP contribution in [0.4, 0.5) is 0 Å². The monoisotopic (exact) mass is 381 g/mol. The number of hydrogen-bond donors (Lipinski definition) is 2. The number of benzene rings is 1. The third-order valence-corrected chi connectivity index (χ3v) is 5.74. The van der Waals surface area contributed by atoms with Gasteiger partial charge in [0.15, 0.2) is 0 Å². The van der Waals surface area contributed by atoms with Crippen molar-refractivity contribution in [3.05, 3.63) is 60.2 Å². The van der Waals surface area contributed by atoms with E-state index in [4.69, 9.17) is 0 Å². The van der Waals surface area contributed by atoms with Crippen LogP contribution in [0.25, 0.3) is 0 Å². The lowest BCUT2D eigenvalue weighted by Gasteiger charge is -2.31. The van der Waals surface area contributed by atoms with E-state index in [1.54, 1.807) is 0 Å². The van der Waals surface area contributed by atoms with Crippen LogP contribution in [0.1, 0.15) is 37.7 Å². The summed E-state index contributed by atoms with van der Waals surface area (Å²) in [6.45, 7) is 7.00. The number of nitrogens with one attached hydrogen (secondary N) is 2. The van der Waals surface area contributed by atoms with Crippen molar-refractivity contribution in [2.45, 2.75) is 44.7 Å². The van der Waals surface area contributed by atoms with Gasteiger partial charge in [-0.1, -0.05) is 61.4 Å². The molecule has 2 atom stereocenters. The van der Waals surface area contributed by atoms with Crippen LogP contribution >= 0.6 is 0 Å². The summed E-state index contributed by atoms with van der Waals surface area (Å²) in [5.74, 6) is -0.281. The Balaban J connectivity index is 1.46. The number of carbonyl (C=O) groups is 2. The molecule has 0 aromatic heterocycles. The van der Waals surface area contributed by atoms with Crippen molar-refractivity contribution in [3.8, 4) is 0 Å². The Morgan fingerprint density at radius 3 is 2.68 bits per heavy atom. The maximum Gasteiger partial charge on any atom is 0.243 e. The van der Waals surface area contributed by atoms with Crippen LogP contribution in [0.3, 0.4) is 0 Å². The standard InChI is InChI=1S/C23H31N3O2/c1-2-22(27)25-21-11-7-6-10-20(21)23(28)24-16-18-12-14-26(15-13-18)17-19-8-4-3-5-9-19/h2-5,8-9,12,20-21H,1,6-7,10-11,13-17H2,(H,24,28)(H,25,27)/t20-,21+/m0/s1. The lowest BCUT2D eigenvalue weighted by Crippen LogP contribution is -2.48. The Labute approximate surface area is 167 Å². The highest BCUT2D eigenvalue weighted by Gasteiger charge is 2.31. The molecule has 1 saturated carbocycles. The molecule has 0 spiro atoms. The van der Waals surface area contributed by atoms with Gasteiger partial charge >= 0.3 is 0 Å². The molecule has 1 aliphatic heterocycles. The number of rotatable bonds is 7. The molecule has 1 fully saturated rings. The molecule has 5 nitrogen and oxygen atoms in total. The van der Waals surface area contributed by atoms with Crippen molar-refractivity contribution in [2.75, 3.05) is 19.6 Å². The summed E-state index contributed by atoms with van der Waals surface area (Å²) in [6.07, 6.45) is 8.27. The molecule has 3 rings (SSSR count). The number of hydrogen-bond acceptors (Lipinski definition) is 3. The zero-order valence-corrected chi connectivity index (χ0v) is 16.5. The molecule has 0 unspecified atom stereocenters. The van der Waals surface area contributed by atoms with Gasteiger partial charge in [-0.3, -0.25) is 14.5 Å². The van der Waals surface area contributed by atoms with E-state index >= 15 is 0 Å². The van der Waals surface area contributed by atoms with Crippen LogP contribution in [0.5, 0.6) is 0 Å². The second-order valence-electron chi connectivity index (χ2n) is 7.76. The Hall–Kier alpha value is -2.40. The molecular weight excluding hydrogens is 350 g/mol. The first kappa shape index (κ1) is 20.3. The van der Waals surface area contributed by atoms with Crippen LogP contribution in [0.2, 0.25) is 0 Å². The van der Waals surface area contributed by atoms with E-state index in [0.717, 1.165) is 51.7 Å². The minimum Gasteiger partial charge on any atom is -0.352 e. The van der Waals surface area contributed by atoms with Crippen LogP contribution in [0.15, 0.2) is 54.6 Å². The quantitative estimate of drug-likeness (QED) is 0.564. The van der Waals surface area contributed by atoms with Gasteiger partial charge in [-0.2, -0.15) is 0 Å². The summed E-state index contributed by atoms with van der Waals surface area (Å²) in [6, 6.07) is 10.4. The van der Waals surface area contributed by atoms with E-state index in [9.17, 15) is 9.59 Å². The highest BCUT2D eigenvalue weighted by Crippen LogP contribution is 2.25. The molecule has 1 aliphatic carbocycles. The first-order valence-corrected chi connectivity index (χ1v) is 10.3. The molecule has 5 heteroatoms. The van der Waals surface area contributed by atoms with E-state index in [1.165, 1.54) is 17.2 Å². The van der Waals surface area contributed by atoms with Crippen LogP contribution in [0, 0.1) is 5.92 Å². The summed E-state index contributed by atoms with van der Waals surface area (Å²) in [5, 5.41) is 6.03. The molecule has 0 bridgehead atoms. The number of amides is 2.